The van der Waals surface area contributed by atoms with Crippen molar-refractivity contribution in [2.45, 2.75) is 45.7 Å². The number of aryl methyl sites for hydroxylation is 2. The zero-order chi connectivity index (χ0) is 12.4. The topological polar surface area (TPSA) is 55.0 Å². The highest BCUT2D eigenvalue weighted by molar-refractivity contribution is 5.13. The summed E-state index contributed by atoms with van der Waals surface area (Å²) >= 11 is 0. The van der Waals surface area contributed by atoms with Gasteiger partial charge in [0.25, 0.3) is 0 Å². The maximum Gasteiger partial charge on any atom is 0.125 e. The van der Waals surface area contributed by atoms with Crippen molar-refractivity contribution in [2.24, 2.45) is 5.73 Å². The zero-order valence-electron chi connectivity index (χ0n) is 11.0. The fourth-order valence-electron chi connectivity index (χ4n) is 2.45. The number of hydrogen-bond acceptors (Lipinski definition) is 4. The molecule has 1 aliphatic heterocycles. The second kappa shape index (κ2) is 5.10. The van der Waals surface area contributed by atoms with Gasteiger partial charge in [0.1, 0.15) is 5.82 Å². The van der Waals surface area contributed by atoms with Gasteiger partial charge in [-0.3, -0.25) is 4.90 Å². The lowest BCUT2D eigenvalue weighted by molar-refractivity contribution is 0.160. The Morgan fingerprint density at radius 1 is 1.29 bits per heavy atom. The molecule has 0 spiro atoms. The third-order valence-corrected chi connectivity index (χ3v) is 3.54. The van der Waals surface area contributed by atoms with E-state index in [1.165, 1.54) is 0 Å². The molecule has 0 bridgehead atoms. The smallest absolute Gasteiger partial charge is 0.125 e. The second-order valence-corrected chi connectivity index (χ2v) is 5.03. The molecule has 0 aliphatic carbocycles. The molecule has 2 N–H and O–H groups in total. The fraction of sp³-hybridized carbons (Fsp3) is 0.692. The van der Waals surface area contributed by atoms with Gasteiger partial charge in [-0.2, -0.15) is 0 Å². The van der Waals surface area contributed by atoms with Gasteiger partial charge in [-0.15, -0.1) is 0 Å². The summed E-state index contributed by atoms with van der Waals surface area (Å²) in [5, 5.41) is 0. The van der Waals surface area contributed by atoms with E-state index in [9.17, 15) is 0 Å². The van der Waals surface area contributed by atoms with Crippen LogP contribution in [0.15, 0.2) is 6.07 Å². The lowest BCUT2D eigenvalue weighted by Gasteiger charge is -2.34. The molecule has 1 aromatic rings. The predicted molar refractivity (Wildman–Crippen MR) is 68.7 cm³/mol. The Morgan fingerprint density at radius 2 is 1.94 bits per heavy atom. The standard InChI is InChI=1S/C13H22N4/c1-9-8-13(16-11(3)15-9)10(2)17-6-4-12(14)5-7-17/h8,10,12H,4-7,14H2,1-3H3. The second-order valence-electron chi connectivity index (χ2n) is 5.03. The Balaban J connectivity index is 2.10. The highest BCUT2D eigenvalue weighted by Crippen LogP contribution is 2.22. The molecule has 2 rings (SSSR count). The van der Waals surface area contributed by atoms with E-state index in [4.69, 9.17) is 5.73 Å². The molecule has 0 aromatic carbocycles. The summed E-state index contributed by atoms with van der Waals surface area (Å²) < 4.78 is 0. The molecule has 1 saturated heterocycles. The molecule has 2 heterocycles. The Labute approximate surface area is 103 Å². The maximum atomic E-state index is 5.93. The van der Waals surface area contributed by atoms with E-state index < -0.39 is 0 Å². The quantitative estimate of drug-likeness (QED) is 0.844. The van der Waals surface area contributed by atoms with Crippen LogP contribution in [0.4, 0.5) is 0 Å². The molecule has 0 amide bonds. The van der Waals surface area contributed by atoms with Gasteiger partial charge in [0.05, 0.1) is 5.69 Å². The molecule has 1 atom stereocenters. The molecular formula is C13H22N4. The van der Waals surface area contributed by atoms with Crippen LogP contribution in [0.3, 0.4) is 0 Å². The van der Waals surface area contributed by atoms with Gasteiger partial charge in [-0.05, 0) is 39.7 Å². The molecule has 1 unspecified atom stereocenters. The van der Waals surface area contributed by atoms with Crippen molar-refractivity contribution >= 4 is 0 Å². The minimum Gasteiger partial charge on any atom is -0.328 e. The summed E-state index contributed by atoms with van der Waals surface area (Å²) in [6.07, 6.45) is 2.18. The van der Waals surface area contributed by atoms with Gasteiger partial charge in [-0.25, -0.2) is 9.97 Å². The summed E-state index contributed by atoms with van der Waals surface area (Å²) in [6.45, 7) is 8.35. The Kier molecular flexibility index (Phi) is 3.74. The maximum absolute atomic E-state index is 5.93. The first-order valence-corrected chi connectivity index (χ1v) is 6.38. The lowest BCUT2D eigenvalue weighted by Crippen LogP contribution is -2.41. The minimum atomic E-state index is 0.364. The monoisotopic (exact) mass is 234 g/mol. The van der Waals surface area contributed by atoms with Crippen molar-refractivity contribution < 1.29 is 0 Å². The normalized spacial score (nSPS) is 20.5. The van der Waals surface area contributed by atoms with Gasteiger partial charge in [-0.1, -0.05) is 0 Å². The third-order valence-electron chi connectivity index (χ3n) is 3.54. The van der Waals surface area contributed by atoms with Gasteiger partial charge in [0.15, 0.2) is 0 Å². The van der Waals surface area contributed by atoms with Crippen molar-refractivity contribution in [3.63, 3.8) is 0 Å². The number of piperidine rings is 1. The van der Waals surface area contributed by atoms with Crippen LogP contribution in [-0.2, 0) is 0 Å². The van der Waals surface area contributed by atoms with Crippen LogP contribution in [-0.4, -0.2) is 34.0 Å². The zero-order valence-corrected chi connectivity index (χ0v) is 11.0. The average molecular weight is 234 g/mol. The van der Waals surface area contributed by atoms with Crippen LogP contribution in [0.2, 0.25) is 0 Å². The summed E-state index contributed by atoms with van der Waals surface area (Å²) in [4.78, 5) is 11.3. The van der Waals surface area contributed by atoms with Crippen LogP contribution >= 0.6 is 0 Å². The fourth-order valence-corrected chi connectivity index (χ4v) is 2.45. The first-order valence-electron chi connectivity index (χ1n) is 6.38. The van der Waals surface area contributed by atoms with Crippen molar-refractivity contribution in [2.75, 3.05) is 13.1 Å². The van der Waals surface area contributed by atoms with Crippen molar-refractivity contribution in [3.05, 3.63) is 23.3 Å². The molecule has 4 nitrogen and oxygen atoms in total. The molecule has 17 heavy (non-hydrogen) atoms. The van der Waals surface area contributed by atoms with E-state index in [0.29, 0.717) is 12.1 Å². The predicted octanol–water partition coefficient (Wildman–Crippen LogP) is 1.58. The van der Waals surface area contributed by atoms with Gasteiger partial charge in [0.2, 0.25) is 0 Å². The first-order chi connectivity index (χ1) is 8.06. The van der Waals surface area contributed by atoms with Crippen molar-refractivity contribution in [3.8, 4) is 0 Å². The molecule has 0 radical (unpaired) electrons. The van der Waals surface area contributed by atoms with Gasteiger partial charge >= 0.3 is 0 Å². The molecule has 1 aliphatic rings. The lowest BCUT2D eigenvalue weighted by atomic mass is 10.0. The van der Waals surface area contributed by atoms with E-state index in [2.05, 4.69) is 27.9 Å². The number of hydrogen-bond donors (Lipinski definition) is 1. The van der Waals surface area contributed by atoms with Crippen molar-refractivity contribution in [1.82, 2.24) is 14.9 Å². The number of nitrogens with two attached hydrogens (primary N) is 1. The molecule has 1 aromatic heterocycles. The van der Waals surface area contributed by atoms with Crippen molar-refractivity contribution in [1.29, 1.82) is 0 Å². The first kappa shape index (κ1) is 12.5. The SMILES string of the molecule is Cc1cc(C(C)N2CCC(N)CC2)nc(C)n1. The minimum absolute atomic E-state index is 0.364. The summed E-state index contributed by atoms with van der Waals surface area (Å²) in [5.74, 6) is 0.862. The highest BCUT2D eigenvalue weighted by atomic mass is 15.2. The Hall–Kier alpha value is -1.00. The summed E-state index contributed by atoms with van der Waals surface area (Å²) in [5.41, 5.74) is 8.11. The van der Waals surface area contributed by atoms with E-state index >= 15 is 0 Å². The molecule has 94 valence electrons. The Morgan fingerprint density at radius 3 is 2.53 bits per heavy atom. The number of nitrogens with zero attached hydrogens (tertiary/aromatic N) is 3. The molecule has 4 heteroatoms. The molecule has 1 fully saturated rings. The average Bonchev–Trinajstić information content (AvgIpc) is 2.28. The van der Waals surface area contributed by atoms with Gasteiger partial charge < -0.3 is 5.73 Å². The van der Waals surface area contributed by atoms with E-state index in [1.807, 2.05) is 13.8 Å². The van der Waals surface area contributed by atoms with E-state index in [-0.39, 0.29) is 0 Å². The van der Waals surface area contributed by atoms with Gasteiger partial charge in [0, 0.05) is 30.9 Å². The van der Waals surface area contributed by atoms with Crippen LogP contribution < -0.4 is 5.73 Å². The summed E-state index contributed by atoms with van der Waals surface area (Å²) in [7, 11) is 0. The van der Waals surface area contributed by atoms with Crippen LogP contribution in [0, 0.1) is 13.8 Å². The number of aromatic nitrogens is 2. The number of rotatable bonds is 2. The largest absolute Gasteiger partial charge is 0.328 e. The van der Waals surface area contributed by atoms with Crippen LogP contribution in [0.1, 0.15) is 43.0 Å². The molecular weight excluding hydrogens is 212 g/mol. The molecule has 0 saturated carbocycles. The Bertz CT molecular complexity index is 363. The number of likely N-dealkylation sites (tertiary alicyclic amines) is 1. The summed E-state index contributed by atoms with van der Waals surface area (Å²) in [6, 6.07) is 2.84. The third kappa shape index (κ3) is 3.01. The highest BCUT2D eigenvalue weighted by Gasteiger charge is 2.22. The van der Waals surface area contributed by atoms with E-state index in [0.717, 1.165) is 43.1 Å². The van der Waals surface area contributed by atoms with Crippen LogP contribution in [0.5, 0.6) is 0 Å². The van der Waals surface area contributed by atoms with E-state index in [1.54, 1.807) is 0 Å². The van der Waals surface area contributed by atoms with Crippen LogP contribution in [0.25, 0.3) is 0 Å².